The van der Waals surface area contributed by atoms with Gasteiger partial charge >= 0.3 is 0 Å². The molecule has 3 heterocycles. The van der Waals surface area contributed by atoms with Crippen molar-refractivity contribution in [2.24, 2.45) is 5.41 Å². The first-order chi connectivity index (χ1) is 10.2. The zero-order valence-corrected chi connectivity index (χ0v) is 14.0. The van der Waals surface area contributed by atoms with Crippen LogP contribution in [0.15, 0.2) is 11.4 Å². The number of amides is 1. The summed E-state index contributed by atoms with van der Waals surface area (Å²) < 4.78 is 0. The molecule has 4 heteroatoms. The number of hydrogen-bond donors (Lipinski definition) is 1. The van der Waals surface area contributed by atoms with Gasteiger partial charge in [-0.15, -0.1) is 11.3 Å². The molecule has 0 aromatic carbocycles. The maximum Gasteiger partial charge on any atom is 0.229 e. The van der Waals surface area contributed by atoms with Crippen molar-refractivity contribution in [1.29, 1.82) is 0 Å². The summed E-state index contributed by atoms with van der Waals surface area (Å²) in [4.78, 5) is 17.0. The molecular formula is C17H26N2OS. The van der Waals surface area contributed by atoms with Crippen LogP contribution in [0.4, 0.5) is 0 Å². The molecule has 0 aliphatic carbocycles. The van der Waals surface area contributed by atoms with E-state index >= 15 is 0 Å². The Hall–Kier alpha value is -0.870. The van der Waals surface area contributed by atoms with Crippen molar-refractivity contribution in [2.45, 2.75) is 52.0 Å². The summed E-state index contributed by atoms with van der Waals surface area (Å²) in [7, 11) is 0. The Balaban J connectivity index is 1.87. The minimum atomic E-state index is -0.119. The molecule has 21 heavy (non-hydrogen) atoms. The van der Waals surface area contributed by atoms with Crippen LogP contribution in [0.1, 0.15) is 56.0 Å². The lowest BCUT2D eigenvalue weighted by atomic mass is 9.74. The van der Waals surface area contributed by atoms with Crippen molar-refractivity contribution < 1.29 is 4.79 Å². The lowest BCUT2D eigenvalue weighted by Gasteiger charge is -2.44. The lowest BCUT2D eigenvalue weighted by molar-refractivity contribution is -0.147. The van der Waals surface area contributed by atoms with Gasteiger partial charge in [0.2, 0.25) is 5.91 Å². The predicted molar refractivity (Wildman–Crippen MR) is 87.6 cm³/mol. The van der Waals surface area contributed by atoms with Gasteiger partial charge in [-0.1, -0.05) is 13.8 Å². The molecule has 1 fully saturated rings. The first kappa shape index (κ1) is 15.0. The van der Waals surface area contributed by atoms with E-state index in [1.165, 1.54) is 10.4 Å². The van der Waals surface area contributed by atoms with E-state index in [9.17, 15) is 4.79 Å². The van der Waals surface area contributed by atoms with Crippen LogP contribution in [-0.2, 0) is 11.2 Å². The van der Waals surface area contributed by atoms with E-state index in [1.54, 1.807) is 0 Å². The Kier molecular flexibility index (Phi) is 4.36. The summed E-state index contributed by atoms with van der Waals surface area (Å²) in [6, 6.07) is 2.53. The number of rotatable bonds is 3. The van der Waals surface area contributed by atoms with Crippen LogP contribution in [0.25, 0.3) is 0 Å². The van der Waals surface area contributed by atoms with E-state index in [0.29, 0.717) is 11.9 Å². The molecule has 2 aliphatic heterocycles. The summed E-state index contributed by atoms with van der Waals surface area (Å²) in [6.45, 7) is 7.25. The number of carbonyl (C=O) groups is 1. The molecule has 3 nitrogen and oxygen atoms in total. The molecule has 1 aromatic rings. The Morgan fingerprint density at radius 3 is 2.86 bits per heavy atom. The van der Waals surface area contributed by atoms with Gasteiger partial charge in [0.25, 0.3) is 0 Å². The fourth-order valence-electron chi connectivity index (χ4n) is 4.01. The third-order valence-electron chi connectivity index (χ3n) is 5.43. The molecule has 3 rings (SSSR count). The number of carbonyl (C=O) groups excluding carboxylic acids is 1. The first-order valence-corrected chi connectivity index (χ1v) is 9.18. The molecule has 1 amide bonds. The number of hydrogen-bond acceptors (Lipinski definition) is 3. The van der Waals surface area contributed by atoms with Gasteiger partial charge in [-0.3, -0.25) is 4.79 Å². The Morgan fingerprint density at radius 2 is 2.19 bits per heavy atom. The van der Waals surface area contributed by atoms with E-state index in [0.717, 1.165) is 51.7 Å². The Labute approximate surface area is 131 Å². The number of thiophene rings is 1. The quantitative estimate of drug-likeness (QED) is 0.928. The third-order valence-corrected chi connectivity index (χ3v) is 6.43. The van der Waals surface area contributed by atoms with Crippen LogP contribution in [0.3, 0.4) is 0 Å². The number of fused-ring (bicyclic) bond motifs is 1. The molecule has 116 valence electrons. The molecule has 1 aromatic heterocycles. The summed E-state index contributed by atoms with van der Waals surface area (Å²) in [5, 5.41) is 5.58. The monoisotopic (exact) mass is 306 g/mol. The number of piperidine rings is 1. The van der Waals surface area contributed by atoms with Crippen molar-refractivity contribution in [1.82, 2.24) is 10.2 Å². The van der Waals surface area contributed by atoms with Gasteiger partial charge in [0.15, 0.2) is 0 Å². The van der Waals surface area contributed by atoms with Gasteiger partial charge < -0.3 is 10.2 Å². The molecule has 1 N–H and O–H groups in total. The molecule has 0 bridgehead atoms. The van der Waals surface area contributed by atoms with Crippen LogP contribution in [0, 0.1) is 5.41 Å². The summed E-state index contributed by atoms with van der Waals surface area (Å²) in [5.41, 5.74) is 1.29. The van der Waals surface area contributed by atoms with E-state index in [4.69, 9.17) is 0 Å². The standard InChI is InChI=1S/C17H26N2OS/c1-3-14-13-6-12-21-15(13)5-11-19(14)16(20)17(4-2)7-9-18-10-8-17/h6,12,14,18H,3-5,7-11H2,1-2H3. The van der Waals surface area contributed by atoms with Gasteiger partial charge in [0.1, 0.15) is 0 Å². The van der Waals surface area contributed by atoms with Gasteiger partial charge in [-0.05, 0) is 62.2 Å². The highest BCUT2D eigenvalue weighted by Crippen LogP contribution is 2.41. The van der Waals surface area contributed by atoms with Crippen LogP contribution in [0.5, 0.6) is 0 Å². The zero-order valence-electron chi connectivity index (χ0n) is 13.2. The second-order valence-corrected chi connectivity index (χ2v) is 7.36. The van der Waals surface area contributed by atoms with Gasteiger partial charge in [-0.25, -0.2) is 0 Å². The normalized spacial score (nSPS) is 24.7. The lowest BCUT2D eigenvalue weighted by Crippen LogP contribution is -2.51. The summed E-state index contributed by atoms with van der Waals surface area (Å²) >= 11 is 1.85. The van der Waals surface area contributed by atoms with Crippen molar-refractivity contribution >= 4 is 17.2 Å². The maximum absolute atomic E-state index is 13.3. The van der Waals surface area contributed by atoms with E-state index in [2.05, 4.69) is 35.5 Å². The molecule has 0 spiro atoms. The van der Waals surface area contributed by atoms with E-state index in [-0.39, 0.29) is 5.41 Å². The minimum absolute atomic E-state index is 0.119. The molecule has 1 atom stereocenters. The van der Waals surface area contributed by atoms with Crippen molar-refractivity contribution in [3.8, 4) is 0 Å². The first-order valence-electron chi connectivity index (χ1n) is 8.30. The average Bonchev–Trinajstić information content (AvgIpc) is 3.02. The molecule has 0 radical (unpaired) electrons. The van der Waals surface area contributed by atoms with Gasteiger partial charge in [0, 0.05) is 11.4 Å². The minimum Gasteiger partial charge on any atom is -0.335 e. The van der Waals surface area contributed by atoms with Crippen LogP contribution in [-0.4, -0.2) is 30.4 Å². The third kappa shape index (κ3) is 2.53. The molecule has 1 saturated heterocycles. The topological polar surface area (TPSA) is 32.3 Å². The van der Waals surface area contributed by atoms with Crippen molar-refractivity contribution in [3.05, 3.63) is 21.9 Å². The molecule has 0 saturated carbocycles. The van der Waals surface area contributed by atoms with Crippen molar-refractivity contribution in [3.63, 3.8) is 0 Å². The van der Waals surface area contributed by atoms with Gasteiger partial charge in [0.05, 0.1) is 11.5 Å². The highest BCUT2D eigenvalue weighted by atomic mass is 32.1. The second kappa shape index (κ2) is 6.09. The highest BCUT2D eigenvalue weighted by Gasteiger charge is 2.43. The highest BCUT2D eigenvalue weighted by molar-refractivity contribution is 7.10. The molecule has 1 unspecified atom stereocenters. The summed E-state index contributed by atoms with van der Waals surface area (Å²) in [5.74, 6) is 0.412. The Morgan fingerprint density at radius 1 is 1.43 bits per heavy atom. The summed E-state index contributed by atoms with van der Waals surface area (Å²) in [6.07, 6.45) is 5.01. The fourth-order valence-corrected chi connectivity index (χ4v) is 4.94. The predicted octanol–water partition coefficient (Wildman–Crippen LogP) is 3.36. The molecular weight excluding hydrogens is 280 g/mol. The van der Waals surface area contributed by atoms with Gasteiger partial charge in [-0.2, -0.15) is 0 Å². The number of nitrogens with zero attached hydrogens (tertiary/aromatic N) is 1. The fraction of sp³-hybridized carbons (Fsp3) is 0.706. The SMILES string of the molecule is CCC1c2ccsc2CCN1C(=O)C1(CC)CCNCC1. The average molecular weight is 306 g/mol. The molecule has 2 aliphatic rings. The largest absolute Gasteiger partial charge is 0.335 e. The van der Waals surface area contributed by atoms with Crippen LogP contribution in [0.2, 0.25) is 0 Å². The van der Waals surface area contributed by atoms with Crippen LogP contribution < -0.4 is 5.32 Å². The van der Waals surface area contributed by atoms with E-state index < -0.39 is 0 Å². The Bertz CT molecular complexity index is 505. The van der Waals surface area contributed by atoms with Crippen molar-refractivity contribution in [2.75, 3.05) is 19.6 Å². The maximum atomic E-state index is 13.3. The van der Waals surface area contributed by atoms with Crippen LogP contribution >= 0.6 is 11.3 Å². The zero-order chi connectivity index (χ0) is 14.9. The second-order valence-electron chi connectivity index (χ2n) is 6.36. The number of nitrogens with one attached hydrogen (secondary N) is 1. The smallest absolute Gasteiger partial charge is 0.229 e. The van der Waals surface area contributed by atoms with E-state index in [1.807, 2.05) is 11.3 Å².